The van der Waals surface area contributed by atoms with Gasteiger partial charge in [-0.3, -0.25) is 9.78 Å². The Kier molecular flexibility index (Phi) is 4.02. The van der Waals surface area contributed by atoms with Crippen molar-refractivity contribution in [1.29, 1.82) is 0 Å². The molecular weight excluding hydrogens is 306 g/mol. The van der Waals surface area contributed by atoms with E-state index in [1.165, 1.54) is 0 Å². The van der Waals surface area contributed by atoms with Crippen LogP contribution in [0.3, 0.4) is 0 Å². The molecular formula is C17H21N5O2. The number of hydrogen-bond donors (Lipinski definition) is 1. The van der Waals surface area contributed by atoms with Gasteiger partial charge in [0.15, 0.2) is 0 Å². The van der Waals surface area contributed by atoms with Crippen molar-refractivity contribution in [3.63, 3.8) is 0 Å². The minimum absolute atomic E-state index is 0.0479. The molecule has 0 bridgehead atoms. The lowest BCUT2D eigenvalue weighted by atomic mass is 9.97. The molecule has 1 N–H and O–H groups in total. The lowest BCUT2D eigenvalue weighted by molar-refractivity contribution is 0.182. The summed E-state index contributed by atoms with van der Waals surface area (Å²) in [6.07, 6.45) is 7.58. The molecule has 3 heterocycles. The summed E-state index contributed by atoms with van der Waals surface area (Å²) in [6, 6.07) is 1.57. The number of hydrogen-bond acceptors (Lipinski definition) is 6. The van der Waals surface area contributed by atoms with Crippen LogP contribution < -0.4 is 10.9 Å². The van der Waals surface area contributed by atoms with Crippen molar-refractivity contribution in [2.45, 2.75) is 44.7 Å². The molecule has 1 aliphatic carbocycles. The molecule has 2 aliphatic rings. The van der Waals surface area contributed by atoms with Crippen molar-refractivity contribution in [2.75, 3.05) is 18.5 Å². The Hall–Kier alpha value is -2.28. The number of nitrogens with zero attached hydrogens (tertiary/aromatic N) is 4. The third kappa shape index (κ3) is 2.91. The van der Waals surface area contributed by atoms with Gasteiger partial charge >= 0.3 is 0 Å². The number of nitrogens with one attached hydrogen (secondary N) is 1. The van der Waals surface area contributed by atoms with Crippen LogP contribution >= 0.6 is 0 Å². The second-order valence-electron chi connectivity index (χ2n) is 6.51. The first-order valence-electron chi connectivity index (χ1n) is 8.45. The molecule has 1 fully saturated rings. The summed E-state index contributed by atoms with van der Waals surface area (Å²) in [4.78, 5) is 21.1. The fourth-order valence-electron chi connectivity index (χ4n) is 3.46. The summed E-state index contributed by atoms with van der Waals surface area (Å²) in [7, 11) is 0. The normalized spacial score (nSPS) is 23.0. The van der Waals surface area contributed by atoms with E-state index >= 15 is 0 Å². The van der Waals surface area contributed by atoms with Crippen LogP contribution in [0.4, 0.5) is 5.82 Å². The van der Waals surface area contributed by atoms with Gasteiger partial charge in [0.25, 0.3) is 5.56 Å². The van der Waals surface area contributed by atoms with Crippen LogP contribution in [0.15, 0.2) is 23.3 Å². The zero-order valence-corrected chi connectivity index (χ0v) is 13.7. The maximum atomic E-state index is 12.5. The highest BCUT2D eigenvalue weighted by Crippen LogP contribution is 2.23. The Bertz CT molecular complexity index is 804. The summed E-state index contributed by atoms with van der Waals surface area (Å²) in [5.74, 6) is 0.696. The molecule has 24 heavy (non-hydrogen) atoms. The summed E-state index contributed by atoms with van der Waals surface area (Å²) in [6.45, 7) is 2.89. The number of aromatic nitrogens is 4. The molecule has 0 aromatic carbocycles. The monoisotopic (exact) mass is 327 g/mol. The van der Waals surface area contributed by atoms with Crippen molar-refractivity contribution >= 4 is 5.82 Å². The molecule has 2 atom stereocenters. The standard InChI is InChI=1S/C17H21N5O2/c1-11-7-18-8-16(19-11)20-14-9-24-10-15(14)22-17(23)6-12-4-2-3-5-13(12)21-22/h6-8,14-15H,2-5,9-10H2,1H3,(H,19,20). The van der Waals surface area contributed by atoms with Crippen LogP contribution in [0.25, 0.3) is 0 Å². The number of aryl methyl sites for hydroxylation is 3. The SMILES string of the molecule is Cc1cncc(NC2COCC2n2nc3c(cc2=O)CCCC3)n1. The molecule has 2 aromatic heterocycles. The lowest BCUT2D eigenvalue weighted by Crippen LogP contribution is -2.38. The minimum Gasteiger partial charge on any atom is -0.377 e. The summed E-state index contributed by atoms with van der Waals surface area (Å²) >= 11 is 0. The van der Waals surface area contributed by atoms with E-state index in [0.29, 0.717) is 19.0 Å². The fourth-order valence-corrected chi connectivity index (χ4v) is 3.46. The van der Waals surface area contributed by atoms with Gasteiger partial charge < -0.3 is 10.1 Å². The van der Waals surface area contributed by atoms with Crippen LogP contribution in [0, 0.1) is 6.92 Å². The molecule has 1 aliphatic heterocycles. The van der Waals surface area contributed by atoms with E-state index in [-0.39, 0.29) is 17.6 Å². The largest absolute Gasteiger partial charge is 0.377 e. The quantitative estimate of drug-likeness (QED) is 0.914. The molecule has 4 rings (SSSR count). The molecule has 7 nitrogen and oxygen atoms in total. The van der Waals surface area contributed by atoms with E-state index in [1.807, 2.05) is 6.92 Å². The van der Waals surface area contributed by atoms with Gasteiger partial charge in [-0.25, -0.2) is 9.67 Å². The molecule has 2 unspecified atom stereocenters. The predicted octanol–water partition coefficient (Wildman–Crippen LogP) is 1.27. The smallest absolute Gasteiger partial charge is 0.267 e. The summed E-state index contributed by atoms with van der Waals surface area (Å²) in [5, 5.41) is 7.99. The predicted molar refractivity (Wildman–Crippen MR) is 89.2 cm³/mol. The van der Waals surface area contributed by atoms with Gasteiger partial charge in [0.1, 0.15) is 11.9 Å². The van der Waals surface area contributed by atoms with E-state index in [1.54, 1.807) is 23.1 Å². The number of anilines is 1. The Balaban J connectivity index is 1.62. The Morgan fingerprint density at radius 1 is 1.25 bits per heavy atom. The van der Waals surface area contributed by atoms with Crippen molar-refractivity contribution in [3.8, 4) is 0 Å². The Morgan fingerprint density at radius 2 is 2.12 bits per heavy atom. The van der Waals surface area contributed by atoms with Gasteiger partial charge in [-0.15, -0.1) is 0 Å². The summed E-state index contributed by atoms with van der Waals surface area (Å²) < 4.78 is 7.21. The zero-order chi connectivity index (χ0) is 16.5. The highest BCUT2D eigenvalue weighted by Gasteiger charge is 2.32. The van der Waals surface area contributed by atoms with Gasteiger partial charge in [0.05, 0.1) is 36.8 Å². The molecule has 0 spiro atoms. The fraction of sp³-hybridized carbons (Fsp3) is 0.529. The number of rotatable bonds is 3. The van der Waals surface area contributed by atoms with Crippen molar-refractivity contribution in [1.82, 2.24) is 19.7 Å². The van der Waals surface area contributed by atoms with Crippen LogP contribution in [0.5, 0.6) is 0 Å². The highest BCUT2D eigenvalue weighted by atomic mass is 16.5. The molecule has 2 aromatic rings. The van der Waals surface area contributed by atoms with Gasteiger partial charge in [0.2, 0.25) is 0 Å². The van der Waals surface area contributed by atoms with Crippen molar-refractivity contribution in [2.24, 2.45) is 0 Å². The first-order valence-corrected chi connectivity index (χ1v) is 8.45. The average molecular weight is 327 g/mol. The molecule has 126 valence electrons. The van der Waals surface area contributed by atoms with Crippen molar-refractivity contribution in [3.05, 3.63) is 45.8 Å². The second kappa shape index (κ2) is 6.32. The summed E-state index contributed by atoms with van der Waals surface area (Å²) in [5.41, 5.74) is 2.96. The zero-order valence-electron chi connectivity index (χ0n) is 13.7. The van der Waals surface area contributed by atoms with Crippen molar-refractivity contribution < 1.29 is 4.74 Å². The van der Waals surface area contributed by atoms with E-state index in [0.717, 1.165) is 42.6 Å². The third-order valence-electron chi connectivity index (χ3n) is 4.69. The van der Waals surface area contributed by atoms with Crippen LogP contribution in [-0.4, -0.2) is 39.0 Å². The van der Waals surface area contributed by atoms with E-state index in [4.69, 9.17) is 4.74 Å². The van der Waals surface area contributed by atoms with E-state index < -0.39 is 0 Å². The number of ether oxygens (including phenoxy) is 1. The first kappa shape index (κ1) is 15.3. The topological polar surface area (TPSA) is 81.9 Å². The van der Waals surface area contributed by atoms with Crippen LogP contribution in [0.2, 0.25) is 0 Å². The van der Waals surface area contributed by atoms with Gasteiger partial charge in [-0.05, 0) is 38.2 Å². The number of fused-ring (bicyclic) bond motifs is 1. The highest BCUT2D eigenvalue weighted by molar-refractivity contribution is 5.34. The van der Waals surface area contributed by atoms with Gasteiger partial charge in [0, 0.05) is 12.3 Å². The minimum atomic E-state index is -0.132. The first-order chi connectivity index (χ1) is 11.7. The Labute approximate surface area is 140 Å². The molecule has 0 saturated carbocycles. The molecule has 0 radical (unpaired) electrons. The average Bonchev–Trinajstić information content (AvgIpc) is 3.02. The second-order valence-corrected chi connectivity index (χ2v) is 6.51. The lowest BCUT2D eigenvalue weighted by Gasteiger charge is -2.23. The maximum absolute atomic E-state index is 12.5. The van der Waals surface area contributed by atoms with E-state index in [2.05, 4.69) is 20.4 Å². The van der Waals surface area contributed by atoms with Gasteiger partial charge in [-0.2, -0.15) is 5.10 Å². The third-order valence-corrected chi connectivity index (χ3v) is 4.69. The van der Waals surface area contributed by atoms with Crippen LogP contribution in [-0.2, 0) is 17.6 Å². The van der Waals surface area contributed by atoms with Crippen LogP contribution in [0.1, 0.15) is 35.8 Å². The van der Waals surface area contributed by atoms with E-state index in [9.17, 15) is 4.79 Å². The Morgan fingerprint density at radius 3 is 3.00 bits per heavy atom. The van der Waals surface area contributed by atoms with Gasteiger partial charge in [-0.1, -0.05) is 0 Å². The molecule has 7 heteroatoms. The molecule has 0 amide bonds. The maximum Gasteiger partial charge on any atom is 0.267 e. The molecule has 1 saturated heterocycles.